The smallest absolute Gasteiger partial charge is 0.315 e. The number of amides is 2. The molecule has 1 heterocycles. The Hall–Kier alpha value is -2.27. The van der Waals surface area contributed by atoms with E-state index in [1.807, 2.05) is 38.1 Å². The van der Waals surface area contributed by atoms with Gasteiger partial charge in [0, 0.05) is 0 Å². The maximum Gasteiger partial charge on any atom is 0.315 e. The highest BCUT2D eigenvalue weighted by atomic mass is 16.4. The summed E-state index contributed by atoms with van der Waals surface area (Å²) in [6, 6.07) is 11.1. The highest BCUT2D eigenvalue weighted by Crippen LogP contribution is 2.17. The van der Waals surface area contributed by atoms with Crippen molar-refractivity contribution in [1.29, 1.82) is 0 Å². The summed E-state index contributed by atoms with van der Waals surface area (Å²) in [4.78, 5) is 12.0. The molecule has 2 aromatic rings. The second-order valence-corrected chi connectivity index (χ2v) is 5.26. The van der Waals surface area contributed by atoms with Gasteiger partial charge in [0.25, 0.3) is 0 Å². The Kier molecular flexibility index (Phi) is 5.61. The first-order valence-electron chi connectivity index (χ1n) is 7.42. The van der Waals surface area contributed by atoms with E-state index in [1.165, 1.54) is 11.8 Å². The summed E-state index contributed by atoms with van der Waals surface area (Å²) >= 11 is 0. The molecule has 0 saturated heterocycles. The molecule has 2 unspecified atom stereocenters. The normalized spacial score (nSPS) is 13.4. The van der Waals surface area contributed by atoms with Gasteiger partial charge in [-0.25, -0.2) is 4.79 Å². The summed E-state index contributed by atoms with van der Waals surface area (Å²) in [6.07, 6.45) is 1.43. The molecular weight excluding hydrogens is 280 g/mol. The van der Waals surface area contributed by atoms with Crippen molar-refractivity contribution in [3.8, 4) is 0 Å². The van der Waals surface area contributed by atoms with Crippen LogP contribution in [0.25, 0.3) is 0 Å². The van der Waals surface area contributed by atoms with E-state index < -0.39 is 6.10 Å². The third kappa shape index (κ3) is 4.36. The Bertz CT molecular complexity index is 578. The molecule has 1 aromatic heterocycles. The first-order valence-corrected chi connectivity index (χ1v) is 7.42. The van der Waals surface area contributed by atoms with Crippen molar-refractivity contribution in [2.75, 3.05) is 6.54 Å². The number of carbonyl (C=O) groups excluding carboxylic acids is 1. The fourth-order valence-electron chi connectivity index (χ4n) is 2.20. The summed E-state index contributed by atoms with van der Waals surface area (Å²) in [6.45, 7) is 4.15. The molecule has 0 bridgehead atoms. The van der Waals surface area contributed by atoms with E-state index in [1.54, 1.807) is 12.1 Å². The number of urea groups is 1. The minimum absolute atomic E-state index is 0.0543. The topological polar surface area (TPSA) is 74.5 Å². The van der Waals surface area contributed by atoms with Crippen LogP contribution in [-0.4, -0.2) is 17.7 Å². The number of aliphatic hydroxyl groups excluding tert-OH is 1. The molecule has 5 heteroatoms. The lowest BCUT2D eigenvalue weighted by Gasteiger charge is -2.19. The van der Waals surface area contributed by atoms with E-state index in [9.17, 15) is 9.90 Å². The molecule has 0 aliphatic heterocycles. The van der Waals surface area contributed by atoms with Gasteiger partial charge in [0.15, 0.2) is 0 Å². The Morgan fingerprint density at radius 3 is 2.59 bits per heavy atom. The van der Waals surface area contributed by atoms with Gasteiger partial charge in [0.1, 0.15) is 11.9 Å². The minimum atomic E-state index is -0.847. The van der Waals surface area contributed by atoms with Gasteiger partial charge < -0.3 is 20.2 Å². The largest absolute Gasteiger partial charge is 0.467 e. The van der Waals surface area contributed by atoms with E-state index in [-0.39, 0.29) is 18.6 Å². The molecule has 3 N–H and O–H groups in total. The standard InChI is InChI=1S/C17H22N2O3/c1-3-14(13-8-6-12(2)7-9-13)19-17(21)18-11-15(20)16-5-4-10-22-16/h4-10,14-15,20H,3,11H2,1-2H3,(H2,18,19,21). The first kappa shape index (κ1) is 16.1. The molecule has 0 spiro atoms. The van der Waals surface area contributed by atoms with E-state index in [2.05, 4.69) is 10.6 Å². The number of furan rings is 1. The second-order valence-electron chi connectivity index (χ2n) is 5.26. The average Bonchev–Trinajstić information content (AvgIpc) is 3.05. The molecular formula is C17H22N2O3. The number of nitrogens with one attached hydrogen (secondary N) is 2. The maximum absolute atomic E-state index is 12.0. The van der Waals surface area contributed by atoms with Crippen LogP contribution in [0.5, 0.6) is 0 Å². The van der Waals surface area contributed by atoms with Gasteiger partial charge in [-0.1, -0.05) is 36.8 Å². The molecule has 118 valence electrons. The monoisotopic (exact) mass is 302 g/mol. The van der Waals surface area contributed by atoms with Gasteiger partial charge in [0.05, 0.1) is 18.8 Å². The Morgan fingerprint density at radius 1 is 1.27 bits per heavy atom. The molecule has 5 nitrogen and oxygen atoms in total. The quantitative estimate of drug-likeness (QED) is 0.767. The maximum atomic E-state index is 12.0. The van der Waals surface area contributed by atoms with Gasteiger partial charge in [-0.3, -0.25) is 0 Å². The molecule has 1 aromatic carbocycles. The minimum Gasteiger partial charge on any atom is -0.467 e. The number of aryl methyl sites for hydroxylation is 1. The fraction of sp³-hybridized carbons (Fsp3) is 0.353. The van der Waals surface area contributed by atoms with Crippen molar-refractivity contribution in [2.45, 2.75) is 32.4 Å². The van der Waals surface area contributed by atoms with E-state index in [0.29, 0.717) is 5.76 Å². The van der Waals surface area contributed by atoms with Gasteiger partial charge in [0.2, 0.25) is 0 Å². The van der Waals surface area contributed by atoms with Crippen LogP contribution in [0.2, 0.25) is 0 Å². The van der Waals surface area contributed by atoms with Gasteiger partial charge in [-0.05, 0) is 31.0 Å². The predicted octanol–water partition coefficient (Wildman–Crippen LogP) is 3.07. The fourth-order valence-corrected chi connectivity index (χ4v) is 2.20. The molecule has 2 rings (SSSR count). The number of carbonyl (C=O) groups is 1. The van der Waals surface area contributed by atoms with Crippen LogP contribution in [0.1, 0.15) is 42.4 Å². The third-order valence-electron chi connectivity index (χ3n) is 3.52. The zero-order chi connectivity index (χ0) is 15.9. The second kappa shape index (κ2) is 7.66. The predicted molar refractivity (Wildman–Crippen MR) is 84.4 cm³/mol. The van der Waals surface area contributed by atoms with Crippen molar-refractivity contribution in [3.05, 3.63) is 59.5 Å². The summed E-state index contributed by atoms with van der Waals surface area (Å²) < 4.78 is 5.09. The van der Waals surface area contributed by atoms with E-state index in [4.69, 9.17) is 4.42 Å². The van der Waals surface area contributed by atoms with Crippen molar-refractivity contribution in [3.63, 3.8) is 0 Å². The number of benzene rings is 1. The summed E-state index contributed by atoms with van der Waals surface area (Å²) in [5.41, 5.74) is 2.25. The average molecular weight is 302 g/mol. The summed E-state index contributed by atoms with van der Waals surface area (Å²) in [7, 11) is 0. The van der Waals surface area contributed by atoms with Crippen molar-refractivity contribution in [2.24, 2.45) is 0 Å². The SMILES string of the molecule is CCC(NC(=O)NCC(O)c1ccco1)c1ccc(C)cc1. The molecule has 0 fully saturated rings. The number of hydrogen-bond acceptors (Lipinski definition) is 3. The number of rotatable bonds is 6. The van der Waals surface area contributed by atoms with Crippen molar-refractivity contribution >= 4 is 6.03 Å². The zero-order valence-corrected chi connectivity index (χ0v) is 12.9. The molecule has 2 amide bonds. The molecule has 2 atom stereocenters. The van der Waals surface area contributed by atoms with Crippen LogP contribution in [-0.2, 0) is 0 Å². The molecule has 0 aliphatic carbocycles. The van der Waals surface area contributed by atoms with Crippen molar-refractivity contribution in [1.82, 2.24) is 10.6 Å². The molecule has 0 saturated carbocycles. The molecule has 22 heavy (non-hydrogen) atoms. The first-order chi connectivity index (χ1) is 10.6. The Balaban J connectivity index is 1.85. The lowest BCUT2D eigenvalue weighted by molar-refractivity contribution is 0.147. The number of aliphatic hydroxyl groups is 1. The van der Waals surface area contributed by atoms with Gasteiger partial charge >= 0.3 is 6.03 Å². The van der Waals surface area contributed by atoms with Crippen LogP contribution < -0.4 is 10.6 Å². The van der Waals surface area contributed by atoms with Gasteiger partial charge in [-0.15, -0.1) is 0 Å². The van der Waals surface area contributed by atoms with Crippen LogP contribution in [0, 0.1) is 6.92 Å². The lowest BCUT2D eigenvalue weighted by Crippen LogP contribution is -2.39. The third-order valence-corrected chi connectivity index (χ3v) is 3.52. The molecule has 0 radical (unpaired) electrons. The Labute approximate surface area is 130 Å². The highest BCUT2D eigenvalue weighted by Gasteiger charge is 2.15. The molecule has 0 aliphatic rings. The highest BCUT2D eigenvalue weighted by molar-refractivity contribution is 5.74. The lowest BCUT2D eigenvalue weighted by atomic mass is 10.0. The van der Waals surface area contributed by atoms with Crippen molar-refractivity contribution < 1.29 is 14.3 Å². The van der Waals surface area contributed by atoms with Crippen LogP contribution in [0.15, 0.2) is 47.1 Å². The van der Waals surface area contributed by atoms with E-state index in [0.717, 1.165) is 12.0 Å². The van der Waals surface area contributed by atoms with Crippen LogP contribution in [0.3, 0.4) is 0 Å². The van der Waals surface area contributed by atoms with E-state index >= 15 is 0 Å². The summed E-state index contributed by atoms with van der Waals surface area (Å²) in [5.74, 6) is 0.436. The van der Waals surface area contributed by atoms with Crippen LogP contribution >= 0.6 is 0 Å². The summed E-state index contributed by atoms with van der Waals surface area (Å²) in [5, 5.41) is 15.4. The Morgan fingerprint density at radius 2 is 2.00 bits per heavy atom. The van der Waals surface area contributed by atoms with Gasteiger partial charge in [-0.2, -0.15) is 0 Å². The number of hydrogen-bond donors (Lipinski definition) is 3. The zero-order valence-electron chi connectivity index (χ0n) is 12.9. The van der Waals surface area contributed by atoms with Crippen LogP contribution in [0.4, 0.5) is 4.79 Å².